The Kier molecular flexibility index (Phi) is 2.44. The van der Waals surface area contributed by atoms with E-state index in [2.05, 4.69) is 0 Å². The van der Waals surface area contributed by atoms with E-state index in [1.807, 2.05) is 0 Å². The summed E-state index contributed by atoms with van der Waals surface area (Å²) in [4.78, 5) is 21.8. The highest BCUT2D eigenvalue weighted by atomic mass is 16.4. The number of fused-ring (bicyclic) bond motifs is 1. The molecular formula is C12H7O5. The van der Waals surface area contributed by atoms with Crippen LogP contribution in [-0.4, -0.2) is 22.2 Å². The van der Waals surface area contributed by atoms with Gasteiger partial charge >= 0.3 is 11.9 Å². The second kappa shape index (κ2) is 3.79. The first kappa shape index (κ1) is 10.9. The summed E-state index contributed by atoms with van der Waals surface area (Å²) in [5, 5.41) is 30.3. The third-order valence-electron chi connectivity index (χ3n) is 2.45. The Hall–Kier alpha value is -2.56. The molecule has 85 valence electrons. The Labute approximate surface area is 95.5 Å². The lowest BCUT2D eigenvalue weighted by Gasteiger charge is -2.06. The van der Waals surface area contributed by atoms with Crippen LogP contribution in [0.15, 0.2) is 30.3 Å². The second-order valence-electron chi connectivity index (χ2n) is 3.46. The quantitative estimate of drug-likeness (QED) is 0.829. The van der Waals surface area contributed by atoms with Gasteiger partial charge in [-0.3, -0.25) is 5.11 Å². The van der Waals surface area contributed by atoms with E-state index >= 15 is 0 Å². The van der Waals surface area contributed by atoms with Crippen molar-refractivity contribution in [1.82, 2.24) is 0 Å². The Morgan fingerprint density at radius 1 is 1.00 bits per heavy atom. The minimum atomic E-state index is -1.53. The van der Waals surface area contributed by atoms with Gasteiger partial charge in [0, 0.05) is 5.39 Å². The zero-order valence-electron chi connectivity index (χ0n) is 8.51. The largest absolute Gasteiger partial charge is 0.478 e. The molecular weight excluding hydrogens is 224 g/mol. The molecule has 0 aliphatic heterocycles. The van der Waals surface area contributed by atoms with Crippen molar-refractivity contribution in [2.24, 2.45) is 0 Å². The van der Waals surface area contributed by atoms with E-state index in [9.17, 15) is 14.7 Å². The molecule has 0 unspecified atom stereocenters. The van der Waals surface area contributed by atoms with Crippen molar-refractivity contribution in [3.63, 3.8) is 0 Å². The van der Waals surface area contributed by atoms with E-state index < -0.39 is 28.8 Å². The van der Waals surface area contributed by atoms with Crippen LogP contribution in [0.1, 0.15) is 20.7 Å². The van der Waals surface area contributed by atoms with Crippen LogP contribution < -0.4 is 0 Å². The Bertz CT molecular complexity index is 630. The minimum Gasteiger partial charge on any atom is -0.478 e. The average Bonchev–Trinajstić information content (AvgIpc) is 2.28. The Balaban J connectivity index is 2.94. The van der Waals surface area contributed by atoms with Gasteiger partial charge in [-0.15, -0.1) is 0 Å². The summed E-state index contributed by atoms with van der Waals surface area (Å²) in [7, 11) is 0. The summed E-state index contributed by atoms with van der Waals surface area (Å²) in [6, 6.07) is 7.47. The highest BCUT2D eigenvalue weighted by Crippen LogP contribution is 2.32. The molecule has 0 bridgehead atoms. The van der Waals surface area contributed by atoms with E-state index in [-0.39, 0.29) is 5.39 Å². The van der Waals surface area contributed by atoms with Crippen LogP contribution >= 0.6 is 0 Å². The zero-order chi connectivity index (χ0) is 12.6. The summed E-state index contributed by atoms with van der Waals surface area (Å²) >= 11 is 0. The molecule has 0 aromatic heterocycles. The van der Waals surface area contributed by atoms with E-state index in [1.165, 1.54) is 12.1 Å². The summed E-state index contributed by atoms with van der Waals surface area (Å²) < 4.78 is 0. The number of hydrogen-bond donors (Lipinski definition) is 2. The fourth-order valence-corrected chi connectivity index (χ4v) is 1.70. The van der Waals surface area contributed by atoms with Gasteiger partial charge in [0.15, 0.2) is 0 Å². The number of rotatable bonds is 2. The van der Waals surface area contributed by atoms with Crippen LogP contribution in [0, 0.1) is 0 Å². The van der Waals surface area contributed by atoms with Gasteiger partial charge in [0.05, 0.1) is 5.56 Å². The van der Waals surface area contributed by atoms with Crippen molar-refractivity contribution >= 4 is 22.7 Å². The van der Waals surface area contributed by atoms with Crippen molar-refractivity contribution in [1.29, 1.82) is 0 Å². The predicted octanol–water partition coefficient (Wildman–Crippen LogP) is 2.38. The van der Waals surface area contributed by atoms with Gasteiger partial charge in [0.1, 0.15) is 5.56 Å². The van der Waals surface area contributed by atoms with Gasteiger partial charge in [0.25, 0.3) is 0 Å². The molecule has 2 aromatic rings. The van der Waals surface area contributed by atoms with Gasteiger partial charge in [-0.25, -0.2) is 9.59 Å². The highest BCUT2D eigenvalue weighted by molar-refractivity contribution is 6.09. The molecule has 0 atom stereocenters. The molecule has 17 heavy (non-hydrogen) atoms. The number of carboxylic acids is 2. The standard InChI is InChI=1S/C12H7O5/c13-10-7-4-2-1-3-6(7)5-8(11(14)15)9(10)12(16)17/h1-5H,(H,14,15)(H,16,17). The number of carboxylic acid groups (broad SMARTS) is 2. The number of benzene rings is 2. The van der Waals surface area contributed by atoms with Crippen molar-refractivity contribution in [2.45, 2.75) is 0 Å². The van der Waals surface area contributed by atoms with E-state index in [1.54, 1.807) is 18.2 Å². The maximum absolute atomic E-state index is 11.9. The van der Waals surface area contributed by atoms with Crippen LogP contribution in [-0.2, 0) is 5.11 Å². The topological polar surface area (TPSA) is 94.5 Å². The van der Waals surface area contributed by atoms with Crippen molar-refractivity contribution < 1.29 is 24.9 Å². The highest BCUT2D eigenvalue weighted by Gasteiger charge is 2.23. The monoisotopic (exact) mass is 231 g/mol. The Morgan fingerprint density at radius 3 is 2.24 bits per heavy atom. The van der Waals surface area contributed by atoms with Gasteiger partial charge in [-0.2, -0.15) is 0 Å². The second-order valence-corrected chi connectivity index (χ2v) is 3.46. The van der Waals surface area contributed by atoms with Crippen LogP contribution in [0.2, 0.25) is 0 Å². The van der Waals surface area contributed by atoms with Crippen molar-refractivity contribution in [2.75, 3.05) is 0 Å². The number of aromatic carboxylic acids is 2. The number of carbonyl (C=O) groups is 2. The number of hydrogen-bond acceptors (Lipinski definition) is 2. The van der Waals surface area contributed by atoms with Crippen LogP contribution in [0.5, 0.6) is 5.75 Å². The van der Waals surface area contributed by atoms with Gasteiger partial charge in [0.2, 0.25) is 5.75 Å². The molecule has 2 N–H and O–H groups in total. The van der Waals surface area contributed by atoms with Crippen LogP contribution in [0.3, 0.4) is 0 Å². The van der Waals surface area contributed by atoms with Gasteiger partial charge < -0.3 is 10.2 Å². The van der Waals surface area contributed by atoms with Crippen LogP contribution in [0.4, 0.5) is 0 Å². The maximum atomic E-state index is 11.9. The summed E-state index contributed by atoms with van der Waals surface area (Å²) in [5.41, 5.74) is -1.18. The first-order valence-corrected chi connectivity index (χ1v) is 4.71. The lowest BCUT2D eigenvalue weighted by atomic mass is 9.99. The smallest absolute Gasteiger partial charge is 0.340 e. The molecule has 0 aliphatic carbocycles. The molecule has 2 rings (SSSR count). The van der Waals surface area contributed by atoms with E-state index in [4.69, 9.17) is 10.2 Å². The minimum absolute atomic E-state index is 0.204. The lowest BCUT2D eigenvalue weighted by molar-refractivity contribution is 0.0647. The molecule has 0 spiro atoms. The fourth-order valence-electron chi connectivity index (χ4n) is 1.70. The molecule has 5 heteroatoms. The lowest BCUT2D eigenvalue weighted by Crippen LogP contribution is -2.08. The van der Waals surface area contributed by atoms with Gasteiger partial charge in [-0.05, 0) is 11.5 Å². The molecule has 0 fully saturated rings. The third kappa shape index (κ3) is 1.67. The molecule has 0 amide bonds. The maximum Gasteiger partial charge on any atom is 0.340 e. The summed E-state index contributed by atoms with van der Waals surface area (Å²) in [5.74, 6) is -3.73. The van der Waals surface area contributed by atoms with Crippen molar-refractivity contribution in [3.8, 4) is 5.75 Å². The predicted molar refractivity (Wildman–Crippen MR) is 58.0 cm³/mol. The third-order valence-corrected chi connectivity index (χ3v) is 2.45. The molecule has 1 radical (unpaired) electrons. The zero-order valence-corrected chi connectivity index (χ0v) is 8.51. The Morgan fingerprint density at radius 2 is 1.65 bits per heavy atom. The average molecular weight is 231 g/mol. The normalized spacial score (nSPS) is 10.4. The molecule has 0 saturated heterocycles. The summed E-state index contributed by atoms with van der Waals surface area (Å²) in [6.45, 7) is 0. The molecule has 5 nitrogen and oxygen atoms in total. The first-order valence-electron chi connectivity index (χ1n) is 4.71. The fraction of sp³-hybridized carbons (Fsp3) is 0. The molecule has 0 aliphatic rings. The molecule has 2 aromatic carbocycles. The molecule has 0 saturated carbocycles. The van der Waals surface area contributed by atoms with Crippen LogP contribution in [0.25, 0.3) is 10.8 Å². The first-order chi connectivity index (χ1) is 8.02. The summed E-state index contributed by atoms with van der Waals surface area (Å²) in [6.07, 6.45) is 0. The van der Waals surface area contributed by atoms with E-state index in [0.717, 1.165) is 0 Å². The SMILES string of the molecule is [O]c1c(C(=O)O)c(C(=O)O)cc2ccccc12. The molecule has 0 heterocycles. The van der Waals surface area contributed by atoms with Gasteiger partial charge in [-0.1, -0.05) is 24.3 Å². The van der Waals surface area contributed by atoms with E-state index in [0.29, 0.717) is 5.39 Å². The van der Waals surface area contributed by atoms with Crippen molar-refractivity contribution in [3.05, 3.63) is 41.5 Å².